The number of hydrogen-bond acceptors (Lipinski definition) is 2. The van der Waals surface area contributed by atoms with Crippen molar-refractivity contribution in [3.8, 4) is 0 Å². The van der Waals surface area contributed by atoms with E-state index in [-0.39, 0.29) is 10.4 Å². The maximum atomic E-state index is 11.6. The molecule has 1 unspecified atom stereocenters. The van der Waals surface area contributed by atoms with Crippen LogP contribution in [0.5, 0.6) is 0 Å². The zero-order valence-electron chi connectivity index (χ0n) is 11.9. The van der Waals surface area contributed by atoms with Crippen LogP contribution in [0.4, 0.5) is 0 Å². The summed E-state index contributed by atoms with van der Waals surface area (Å²) in [6.45, 7) is 12.4. The number of benzene rings is 1. The SMILES string of the molecule is Cc1cc(C)c(C(C)[Si](C)(C)C)c(S(=O)(=O)O)c1. The highest BCUT2D eigenvalue weighted by Crippen LogP contribution is 2.34. The Morgan fingerprint density at radius 2 is 1.67 bits per heavy atom. The highest BCUT2D eigenvalue weighted by molar-refractivity contribution is 7.85. The second-order valence-corrected chi connectivity index (χ2v) is 13.0. The molecule has 3 nitrogen and oxygen atoms in total. The molecule has 1 aromatic rings. The fourth-order valence-corrected chi connectivity index (χ4v) is 4.45. The van der Waals surface area contributed by atoms with Gasteiger partial charge in [0, 0.05) is 0 Å². The molecule has 0 aliphatic rings. The predicted octanol–water partition coefficient (Wildman–Crippen LogP) is 3.53. The van der Waals surface area contributed by atoms with E-state index in [1.54, 1.807) is 6.07 Å². The minimum Gasteiger partial charge on any atom is -0.282 e. The van der Waals surface area contributed by atoms with Gasteiger partial charge < -0.3 is 0 Å². The third-order valence-corrected chi connectivity index (χ3v) is 7.28. The molecule has 0 saturated carbocycles. The Labute approximate surface area is 111 Å². The molecule has 1 aromatic carbocycles. The van der Waals surface area contributed by atoms with Gasteiger partial charge in [0.15, 0.2) is 0 Å². The van der Waals surface area contributed by atoms with Crippen molar-refractivity contribution in [3.63, 3.8) is 0 Å². The third-order valence-electron chi connectivity index (χ3n) is 3.50. The van der Waals surface area contributed by atoms with Crippen molar-refractivity contribution >= 4 is 18.2 Å². The summed E-state index contributed by atoms with van der Waals surface area (Å²) < 4.78 is 32.5. The summed E-state index contributed by atoms with van der Waals surface area (Å²) in [6, 6.07) is 3.54. The molecule has 1 N–H and O–H groups in total. The van der Waals surface area contributed by atoms with Gasteiger partial charge in [0.25, 0.3) is 10.1 Å². The van der Waals surface area contributed by atoms with Gasteiger partial charge in [0.1, 0.15) is 0 Å². The number of rotatable bonds is 3. The molecule has 102 valence electrons. The van der Waals surface area contributed by atoms with E-state index in [2.05, 4.69) is 26.6 Å². The molecule has 0 heterocycles. The van der Waals surface area contributed by atoms with Gasteiger partial charge >= 0.3 is 0 Å². The quantitative estimate of drug-likeness (QED) is 0.683. The van der Waals surface area contributed by atoms with Crippen LogP contribution < -0.4 is 0 Å². The molecule has 0 radical (unpaired) electrons. The molecule has 5 heteroatoms. The first-order valence-corrected chi connectivity index (χ1v) is 11.0. The largest absolute Gasteiger partial charge is 0.294 e. The second-order valence-electron chi connectivity index (χ2n) is 6.06. The van der Waals surface area contributed by atoms with Crippen LogP contribution in [0, 0.1) is 13.8 Å². The molecule has 0 spiro atoms. The molecule has 0 aliphatic heterocycles. The fourth-order valence-electron chi connectivity index (χ4n) is 2.14. The molecule has 1 atom stereocenters. The zero-order chi connectivity index (χ0) is 14.3. The molecular formula is C13H22O3SSi. The van der Waals surface area contributed by atoms with Crippen LogP contribution in [-0.4, -0.2) is 21.0 Å². The van der Waals surface area contributed by atoms with Gasteiger partial charge in [-0.2, -0.15) is 8.42 Å². The molecule has 0 aliphatic carbocycles. The average Bonchev–Trinajstić information content (AvgIpc) is 2.12. The van der Waals surface area contributed by atoms with Crippen LogP contribution in [0.3, 0.4) is 0 Å². The summed E-state index contributed by atoms with van der Waals surface area (Å²) in [5, 5.41) is 0. The fraction of sp³-hybridized carbons (Fsp3) is 0.538. The molecule has 18 heavy (non-hydrogen) atoms. The standard InChI is InChI=1S/C13H22O3SSi/c1-9-7-10(2)13(11(3)18(4,5)6)12(8-9)17(14,15)16/h7-8,11H,1-6H3,(H,14,15,16). The zero-order valence-corrected chi connectivity index (χ0v) is 13.7. The number of hydrogen-bond donors (Lipinski definition) is 1. The van der Waals surface area contributed by atoms with Gasteiger partial charge in [-0.3, -0.25) is 4.55 Å². The summed E-state index contributed by atoms with van der Waals surface area (Å²) in [5.41, 5.74) is 2.75. The Morgan fingerprint density at radius 3 is 2.06 bits per heavy atom. The van der Waals surface area contributed by atoms with Crippen LogP contribution >= 0.6 is 0 Å². The first kappa shape index (κ1) is 15.4. The maximum Gasteiger partial charge on any atom is 0.294 e. The van der Waals surface area contributed by atoms with Crippen LogP contribution in [0.2, 0.25) is 19.6 Å². The lowest BCUT2D eigenvalue weighted by atomic mass is 10.0. The van der Waals surface area contributed by atoms with Crippen molar-refractivity contribution in [2.45, 2.75) is 50.8 Å². The first-order valence-electron chi connectivity index (χ1n) is 6.03. The van der Waals surface area contributed by atoms with E-state index in [1.807, 2.05) is 19.9 Å². The Bertz CT molecular complexity index is 556. The Kier molecular flexibility index (Phi) is 4.10. The van der Waals surface area contributed by atoms with E-state index in [0.717, 1.165) is 16.7 Å². The minimum absolute atomic E-state index is 0.0786. The summed E-state index contributed by atoms with van der Waals surface area (Å²) in [6.07, 6.45) is 0. The summed E-state index contributed by atoms with van der Waals surface area (Å²) in [5.74, 6) is 0. The Morgan fingerprint density at radius 1 is 1.17 bits per heavy atom. The second kappa shape index (κ2) is 4.79. The van der Waals surface area contributed by atoms with Crippen molar-refractivity contribution in [1.82, 2.24) is 0 Å². The summed E-state index contributed by atoms with van der Waals surface area (Å²) in [7, 11) is -5.70. The van der Waals surface area contributed by atoms with Crippen molar-refractivity contribution in [2.75, 3.05) is 0 Å². The normalized spacial score (nSPS) is 14.6. The summed E-state index contributed by atoms with van der Waals surface area (Å²) >= 11 is 0. The van der Waals surface area contributed by atoms with Crippen LogP contribution in [-0.2, 0) is 10.1 Å². The lowest BCUT2D eigenvalue weighted by Crippen LogP contribution is -2.30. The first-order chi connectivity index (χ1) is 7.94. The Hall–Kier alpha value is -0.653. The van der Waals surface area contributed by atoms with E-state index in [9.17, 15) is 13.0 Å². The van der Waals surface area contributed by atoms with E-state index < -0.39 is 18.2 Å². The van der Waals surface area contributed by atoms with Crippen molar-refractivity contribution in [3.05, 3.63) is 28.8 Å². The molecule has 1 rings (SSSR count). The van der Waals surface area contributed by atoms with Gasteiger partial charge in [-0.05, 0) is 42.1 Å². The van der Waals surface area contributed by atoms with Crippen molar-refractivity contribution in [2.24, 2.45) is 0 Å². The van der Waals surface area contributed by atoms with Gasteiger partial charge in [0.05, 0.1) is 13.0 Å². The lowest BCUT2D eigenvalue weighted by molar-refractivity contribution is 0.481. The Balaban J connectivity index is 3.63. The molecule has 0 aromatic heterocycles. The van der Waals surface area contributed by atoms with Crippen LogP contribution in [0.15, 0.2) is 17.0 Å². The minimum atomic E-state index is -4.16. The van der Waals surface area contributed by atoms with Gasteiger partial charge in [-0.25, -0.2) is 0 Å². The molecule has 0 saturated heterocycles. The molecule has 0 fully saturated rings. The molecular weight excluding hydrogens is 264 g/mol. The van der Waals surface area contributed by atoms with E-state index in [4.69, 9.17) is 0 Å². The number of aryl methyl sites for hydroxylation is 2. The van der Waals surface area contributed by atoms with Crippen molar-refractivity contribution in [1.29, 1.82) is 0 Å². The predicted molar refractivity (Wildman–Crippen MR) is 77.5 cm³/mol. The van der Waals surface area contributed by atoms with Gasteiger partial charge in [-0.15, -0.1) is 0 Å². The van der Waals surface area contributed by atoms with E-state index in [0.29, 0.717) is 0 Å². The third kappa shape index (κ3) is 3.21. The van der Waals surface area contributed by atoms with E-state index >= 15 is 0 Å². The average molecular weight is 286 g/mol. The highest BCUT2D eigenvalue weighted by atomic mass is 32.2. The maximum absolute atomic E-state index is 11.6. The highest BCUT2D eigenvalue weighted by Gasteiger charge is 2.30. The monoisotopic (exact) mass is 286 g/mol. The van der Waals surface area contributed by atoms with Crippen LogP contribution in [0.1, 0.15) is 29.2 Å². The molecule has 0 amide bonds. The summed E-state index contributed by atoms with van der Waals surface area (Å²) in [4.78, 5) is 0.0786. The van der Waals surface area contributed by atoms with E-state index in [1.165, 1.54) is 0 Å². The van der Waals surface area contributed by atoms with Gasteiger partial charge in [0.2, 0.25) is 0 Å². The topological polar surface area (TPSA) is 54.4 Å². The lowest BCUT2D eigenvalue weighted by Gasteiger charge is -2.28. The molecule has 0 bridgehead atoms. The van der Waals surface area contributed by atoms with Gasteiger partial charge in [-0.1, -0.05) is 32.6 Å². The van der Waals surface area contributed by atoms with Crippen molar-refractivity contribution < 1.29 is 13.0 Å². The smallest absolute Gasteiger partial charge is 0.282 e. The van der Waals surface area contributed by atoms with Crippen LogP contribution in [0.25, 0.3) is 0 Å².